The Hall–Kier alpha value is -3.86. The van der Waals surface area contributed by atoms with Gasteiger partial charge < -0.3 is 19.3 Å². The third kappa shape index (κ3) is 5.62. The van der Waals surface area contributed by atoms with Crippen molar-refractivity contribution in [2.45, 2.75) is 19.9 Å². The van der Waals surface area contributed by atoms with Crippen LogP contribution in [0.15, 0.2) is 48.5 Å². The summed E-state index contributed by atoms with van der Waals surface area (Å²) in [4.78, 5) is 37.6. The number of carbonyl (C=O) groups is 2. The van der Waals surface area contributed by atoms with E-state index in [0.29, 0.717) is 52.7 Å². The van der Waals surface area contributed by atoms with Crippen molar-refractivity contribution in [1.29, 1.82) is 0 Å². The minimum absolute atomic E-state index is 0.0958. The van der Waals surface area contributed by atoms with Gasteiger partial charge in [-0.05, 0) is 57.8 Å². The summed E-state index contributed by atoms with van der Waals surface area (Å²) in [5, 5.41) is 0.473. The van der Waals surface area contributed by atoms with Crippen LogP contribution in [0.25, 0.3) is 16.9 Å². The second kappa shape index (κ2) is 12.4. The maximum Gasteiger partial charge on any atom is 0.414 e. The predicted molar refractivity (Wildman–Crippen MR) is 165 cm³/mol. The van der Waals surface area contributed by atoms with E-state index in [1.807, 2.05) is 19.0 Å². The molecule has 2 aromatic carbocycles. The molecule has 43 heavy (non-hydrogen) atoms. The molecule has 1 unspecified atom stereocenters. The highest BCUT2D eigenvalue weighted by Gasteiger charge is 2.41. The molecular weight excluding hydrogens is 596 g/mol. The van der Waals surface area contributed by atoms with Crippen molar-refractivity contribution in [2.24, 2.45) is 0 Å². The van der Waals surface area contributed by atoms with Crippen LogP contribution >= 0.6 is 23.2 Å². The van der Waals surface area contributed by atoms with Crippen molar-refractivity contribution in [3.63, 3.8) is 0 Å². The van der Waals surface area contributed by atoms with E-state index in [1.165, 1.54) is 18.1 Å². The van der Waals surface area contributed by atoms with Gasteiger partial charge in [0.05, 0.1) is 47.7 Å². The normalized spacial score (nSPS) is 14.3. The zero-order valence-corrected chi connectivity index (χ0v) is 26.0. The number of fused-ring (bicyclic) bond motifs is 2. The van der Waals surface area contributed by atoms with Crippen molar-refractivity contribution >= 4 is 46.5 Å². The largest absolute Gasteiger partial charge is 0.482 e. The average Bonchev–Trinajstić information content (AvgIpc) is 3.56. The highest BCUT2D eigenvalue weighted by atomic mass is 35.5. The number of rotatable bonds is 8. The second-order valence-corrected chi connectivity index (χ2v) is 11.2. The standard InChI is InChI=1S/C31H32Cl2FN5O4/c1-6-43-31(41)38-17-23(20-12-13-21(32)26(33)29(20)38)37(15-14-36(3)4)30(40)27-28(19-11-10-18(2)22(34)16-19)39-24(35-27)8-7-9-25(39)42-5/h7-13,16,23H,6,14-15,17H2,1-5H3. The molecule has 0 N–H and O–H groups in total. The molecular formula is C31H32Cl2FN5O4. The third-order valence-electron chi connectivity index (χ3n) is 7.46. The van der Waals surface area contributed by atoms with Crippen molar-refractivity contribution < 1.29 is 23.5 Å². The monoisotopic (exact) mass is 627 g/mol. The Balaban J connectivity index is 1.70. The lowest BCUT2D eigenvalue weighted by Crippen LogP contribution is -2.42. The topological polar surface area (TPSA) is 79.6 Å². The minimum Gasteiger partial charge on any atom is -0.482 e. The fourth-order valence-electron chi connectivity index (χ4n) is 5.32. The number of pyridine rings is 1. The molecule has 0 saturated heterocycles. The number of nitrogens with zero attached hydrogens (tertiary/aromatic N) is 5. The van der Waals surface area contributed by atoms with E-state index >= 15 is 0 Å². The van der Waals surface area contributed by atoms with Crippen LogP contribution in [0.2, 0.25) is 10.0 Å². The Morgan fingerprint density at radius 1 is 1.12 bits per heavy atom. The first-order chi connectivity index (χ1) is 20.6. The summed E-state index contributed by atoms with van der Waals surface area (Å²) < 4.78 is 27.5. The summed E-state index contributed by atoms with van der Waals surface area (Å²) in [6, 6.07) is 12.9. The molecule has 3 heterocycles. The van der Waals surface area contributed by atoms with Gasteiger partial charge >= 0.3 is 6.09 Å². The minimum atomic E-state index is -0.601. The molecule has 12 heteroatoms. The van der Waals surface area contributed by atoms with E-state index in [9.17, 15) is 14.0 Å². The van der Waals surface area contributed by atoms with E-state index in [4.69, 9.17) is 37.7 Å². The molecule has 226 valence electrons. The molecule has 1 aliphatic rings. The number of anilines is 1. The number of hydrogen-bond donors (Lipinski definition) is 0. The van der Waals surface area contributed by atoms with Gasteiger partial charge in [0.2, 0.25) is 0 Å². The molecule has 0 spiro atoms. The van der Waals surface area contributed by atoms with Crippen molar-refractivity contribution in [3.05, 3.63) is 81.2 Å². The summed E-state index contributed by atoms with van der Waals surface area (Å²) in [7, 11) is 5.33. The number of likely N-dealkylation sites (N-methyl/N-ethyl adjacent to an activating group) is 1. The van der Waals surface area contributed by atoms with Gasteiger partial charge in [-0.3, -0.25) is 14.1 Å². The molecule has 0 saturated carbocycles. The Morgan fingerprint density at radius 2 is 1.88 bits per heavy atom. The number of amides is 2. The summed E-state index contributed by atoms with van der Waals surface area (Å²) in [5.74, 6) is -0.385. The Morgan fingerprint density at radius 3 is 2.56 bits per heavy atom. The fourth-order valence-corrected chi connectivity index (χ4v) is 5.74. The van der Waals surface area contributed by atoms with E-state index < -0.39 is 23.9 Å². The molecule has 1 atom stereocenters. The summed E-state index contributed by atoms with van der Waals surface area (Å²) >= 11 is 13.0. The summed E-state index contributed by atoms with van der Waals surface area (Å²) in [6.45, 7) is 4.46. The van der Waals surface area contributed by atoms with Gasteiger partial charge in [-0.1, -0.05) is 47.5 Å². The Bertz CT molecular complexity index is 1710. The maximum atomic E-state index is 14.9. The maximum absolute atomic E-state index is 14.9. The first-order valence-electron chi connectivity index (χ1n) is 13.8. The van der Waals surface area contributed by atoms with Crippen LogP contribution < -0.4 is 9.64 Å². The molecule has 0 aliphatic carbocycles. The van der Waals surface area contributed by atoms with Crippen molar-refractivity contribution in [3.8, 4) is 17.1 Å². The molecule has 0 fully saturated rings. The van der Waals surface area contributed by atoms with E-state index in [1.54, 1.807) is 65.6 Å². The van der Waals surface area contributed by atoms with Gasteiger partial charge in [0.15, 0.2) is 11.6 Å². The number of halogens is 3. The van der Waals surface area contributed by atoms with Crippen LogP contribution in [-0.4, -0.2) is 78.6 Å². The number of aromatic nitrogens is 2. The number of benzene rings is 2. The lowest BCUT2D eigenvalue weighted by atomic mass is 10.0. The van der Waals surface area contributed by atoms with Crippen LogP contribution in [-0.2, 0) is 4.74 Å². The molecule has 1 aliphatic heterocycles. The van der Waals surface area contributed by atoms with Gasteiger partial charge in [-0.2, -0.15) is 0 Å². The Kier molecular flexibility index (Phi) is 8.82. The van der Waals surface area contributed by atoms with E-state index in [0.717, 1.165) is 0 Å². The van der Waals surface area contributed by atoms with Gasteiger partial charge in [0.1, 0.15) is 11.5 Å². The van der Waals surface area contributed by atoms with Crippen LogP contribution in [0.4, 0.5) is 14.9 Å². The van der Waals surface area contributed by atoms with Crippen molar-refractivity contribution in [1.82, 2.24) is 19.2 Å². The smallest absolute Gasteiger partial charge is 0.414 e. The highest BCUT2D eigenvalue weighted by molar-refractivity contribution is 6.44. The van der Waals surface area contributed by atoms with E-state index in [-0.39, 0.29) is 28.9 Å². The number of methoxy groups -OCH3 is 1. The number of aryl methyl sites for hydroxylation is 1. The molecule has 9 nitrogen and oxygen atoms in total. The Labute approximate surface area is 259 Å². The number of ether oxygens (including phenoxy) is 2. The summed E-state index contributed by atoms with van der Waals surface area (Å²) in [5.41, 5.74) is 2.95. The summed E-state index contributed by atoms with van der Waals surface area (Å²) in [6.07, 6.45) is -0.594. The molecule has 4 aromatic rings. The predicted octanol–water partition coefficient (Wildman–Crippen LogP) is 6.49. The lowest BCUT2D eigenvalue weighted by Gasteiger charge is -2.30. The molecule has 0 bridgehead atoms. The van der Waals surface area contributed by atoms with Crippen LogP contribution in [0.3, 0.4) is 0 Å². The number of carbonyl (C=O) groups excluding carboxylic acids is 2. The third-order valence-corrected chi connectivity index (χ3v) is 8.26. The SMILES string of the molecule is CCOC(=O)N1CC(N(CCN(C)C)C(=O)c2nc3cccc(OC)n3c2-c2ccc(C)c(F)c2)c2ccc(Cl)c(Cl)c21. The second-order valence-electron chi connectivity index (χ2n) is 10.5. The zero-order valence-electron chi connectivity index (χ0n) is 24.5. The highest BCUT2D eigenvalue weighted by Crippen LogP contribution is 2.46. The van der Waals surface area contributed by atoms with Crippen LogP contribution in [0.1, 0.15) is 34.6 Å². The van der Waals surface area contributed by atoms with Gasteiger partial charge in [0.25, 0.3) is 5.91 Å². The number of hydrogen-bond acceptors (Lipinski definition) is 6. The van der Waals surface area contributed by atoms with Crippen LogP contribution in [0.5, 0.6) is 5.88 Å². The molecule has 2 aromatic heterocycles. The lowest BCUT2D eigenvalue weighted by molar-refractivity contribution is 0.0667. The first kappa shape index (κ1) is 30.6. The zero-order chi connectivity index (χ0) is 31.0. The molecule has 2 amide bonds. The average molecular weight is 629 g/mol. The molecule has 0 radical (unpaired) electrons. The van der Waals surface area contributed by atoms with Crippen molar-refractivity contribution in [2.75, 3.05) is 52.3 Å². The van der Waals surface area contributed by atoms with E-state index in [2.05, 4.69) is 0 Å². The van der Waals surface area contributed by atoms with Gasteiger partial charge in [-0.25, -0.2) is 14.2 Å². The quantitative estimate of drug-likeness (QED) is 0.222. The van der Waals surface area contributed by atoms with Crippen LogP contribution in [0, 0.1) is 12.7 Å². The van der Waals surface area contributed by atoms with Gasteiger partial charge in [0, 0.05) is 24.2 Å². The number of imidazole rings is 1. The molecule has 5 rings (SSSR count). The van der Waals surface area contributed by atoms with Gasteiger partial charge in [-0.15, -0.1) is 0 Å². The first-order valence-corrected chi connectivity index (χ1v) is 14.5. The fraction of sp³-hybridized carbons (Fsp3) is 0.323.